The molecule has 0 radical (unpaired) electrons. The van der Waals surface area contributed by atoms with E-state index in [9.17, 15) is 9.59 Å². The fraction of sp³-hybridized carbons (Fsp3) is 0.500. The Labute approximate surface area is 70.3 Å². The number of aliphatic carboxylic acids is 1. The van der Waals surface area contributed by atoms with Crippen molar-refractivity contribution in [2.75, 3.05) is 7.05 Å². The number of likely N-dealkylation sites (N-methyl/N-ethyl adjacent to an activating group) is 1. The number of hydrogen-bond acceptors (Lipinski definition) is 2. The minimum absolute atomic E-state index is 0.0970. The third kappa shape index (κ3) is 2.08. The van der Waals surface area contributed by atoms with E-state index in [0.29, 0.717) is 0 Å². The van der Waals surface area contributed by atoms with Crippen molar-refractivity contribution in [2.45, 2.75) is 12.8 Å². The molecule has 1 rings (SSSR count). The fourth-order valence-corrected chi connectivity index (χ4v) is 0.962. The van der Waals surface area contributed by atoms with Crippen LogP contribution < -0.4 is 5.32 Å². The summed E-state index contributed by atoms with van der Waals surface area (Å²) < 4.78 is 0. The number of rotatable bonds is 3. The Morgan fingerprint density at radius 2 is 2.08 bits per heavy atom. The van der Waals surface area contributed by atoms with Crippen LogP contribution in [-0.2, 0) is 9.59 Å². The lowest BCUT2D eigenvalue weighted by molar-refractivity contribution is -0.133. The largest absolute Gasteiger partial charge is 0.478 e. The van der Waals surface area contributed by atoms with Crippen LogP contribution in [0.1, 0.15) is 12.8 Å². The van der Waals surface area contributed by atoms with Crippen molar-refractivity contribution in [3.05, 3.63) is 11.6 Å². The van der Waals surface area contributed by atoms with Gasteiger partial charge < -0.3 is 10.4 Å². The number of carbonyl (C=O) groups excluding carboxylic acids is 1. The van der Waals surface area contributed by atoms with E-state index in [2.05, 4.69) is 5.32 Å². The molecule has 0 spiro atoms. The van der Waals surface area contributed by atoms with Gasteiger partial charge in [0.25, 0.3) is 0 Å². The molecule has 0 aromatic heterocycles. The third-order valence-electron chi connectivity index (χ3n) is 1.80. The van der Waals surface area contributed by atoms with Crippen molar-refractivity contribution in [3.63, 3.8) is 0 Å². The Bertz CT molecular complexity index is 241. The van der Waals surface area contributed by atoms with Crippen LogP contribution in [0.2, 0.25) is 0 Å². The zero-order valence-electron chi connectivity index (χ0n) is 6.83. The quantitative estimate of drug-likeness (QED) is 0.591. The molecule has 66 valence electrons. The van der Waals surface area contributed by atoms with E-state index in [-0.39, 0.29) is 17.4 Å². The van der Waals surface area contributed by atoms with Crippen molar-refractivity contribution in [1.82, 2.24) is 5.32 Å². The summed E-state index contributed by atoms with van der Waals surface area (Å²) in [5.74, 6) is -1.24. The van der Waals surface area contributed by atoms with Gasteiger partial charge >= 0.3 is 5.97 Å². The predicted octanol–water partition coefficient (Wildman–Crippen LogP) is 0.153. The molecule has 4 heteroatoms. The van der Waals surface area contributed by atoms with Crippen LogP contribution >= 0.6 is 0 Å². The standard InChI is InChI=1S/C8H11NO3/c1-9-7(10)4-6(8(11)12)5-2-3-5/h4-5H,2-3H2,1H3,(H,9,10)(H,11,12)/b6-4-. The molecule has 4 nitrogen and oxygen atoms in total. The molecule has 1 aliphatic rings. The number of hydrogen-bond donors (Lipinski definition) is 2. The van der Waals surface area contributed by atoms with Gasteiger partial charge in [-0.1, -0.05) is 0 Å². The highest BCUT2D eigenvalue weighted by Gasteiger charge is 2.30. The second-order valence-electron chi connectivity index (χ2n) is 2.79. The topological polar surface area (TPSA) is 66.4 Å². The minimum Gasteiger partial charge on any atom is -0.478 e. The van der Waals surface area contributed by atoms with E-state index in [1.807, 2.05) is 0 Å². The van der Waals surface area contributed by atoms with Gasteiger partial charge in [0.2, 0.25) is 5.91 Å². The van der Waals surface area contributed by atoms with Crippen LogP contribution in [0.4, 0.5) is 0 Å². The predicted molar refractivity (Wildman–Crippen MR) is 42.5 cm³/mol. The normalized spacial score (nSPS) is 17.2. The first-order valence-electron chi connectivity index (χ1n) is 3.81. The number of carbonyl (C=O) groups is 2. The fourth-order valence-electron chi connectivity index (χ4n) is 0.962. The summed E-state index contributed by atoms with van der Waals surface area (Å²) in [6.45, 7) is 0. The first-order valence-corrected chi connectivity index (χ1v) is 3.81. The molecular weight excluding hydrogens is 158 g/mol. The van der Waals surface area contributed by atoms with Gasteiger partial charge in [-0.15, -0.1) is 0 Å². The lowest BCUT2D eigenvalue weighted by Gasteiger charge is -1.97. The molecule has 0 saturated heterocycles. The molecule has 2 N–H and O–H groups in total. The van der Waals surface area contributed by atoms with E-state index in [4.69, 9.17) is 5.11 Å². The minimum atomic E-state index is -0.985. The Morgan fingerprint density at radius 1 is 1.50 bits per heavy atom. The van der Waals surface area contributed by atoms with Crippen LogP contribution in [-0.4, -0.2) is 24.0 Å². The number of carboxylic acid groups (broad SMARTS) is 1. The number of carboxylic acids is 1. The van der Waals surface area contributed by atoms with Crippen molar-refractivity contribution in [2.24, 2.45) is 5.92 Å². The Morgan fingerprint density at radius 3 is 2.42 bits per heavy atom. The van der Waals surface area contributed by atoms with Crippen LogP contribution in [0.25, 0.3) is 0 Å². The van der Waals surface area contributed by atoms with Crippen LogP contribution in [0.3, 0.4) is 0 Å². The molecule has 0 heterocycles. The Balaban J connectivity index is 2.70. The van der Waals surface area contributed by atoms with Crippen LogP contribution in [0, 0.1) is 5.92 Å². The highest BCUT2D eigenvalue weighted by Crippen LogP contribution is 2.36. The zero-order chi connectivity index (χ0) is 9.14. The number of amides is 1. The van der Waals surface area contributed by atoms with Crippen molar-refractivity contribution >= 4 is 11.9 Å². The summed E-state index contributed by atoms with van der Waals surface area (Å²) >= 11 is 0. The van der Waals surface area contributed by atoms with Gasteiger partial charge in [-0.3, -0.25) is 4.79 Å². The average molecular weight is 169 g/mol. The molecule has 0 atom stereocenters. The van der Waals surface area contributed by atoms with Gasteiger partial charge in [-0.2, -0.15) is 0 Å². The molecule has 0 bridgehead atoms. The second-order valence-corrected chi connectivity index (χ2v) is 2.79. The lowest BCUT2D eigenvalue weighted by Crippen LogP contribution is -2.17. The highest BCUT2D eigenvalue weighted by molar-refractivity contribution is 5.98. The maximum absolute atomic E-state index is 10.8. The summed E-state index contributed by atoms with van der Waals surface area (Å²) in [5, 5.41) is 11.0. The van der Waals surface area contributed by atoms with Gasteiger partial charge in [0, 0.05) is 18.7 Å². The third-order valence-corrected chi connectivity index (χ3v) is 1.80. The van der Waals surface area contributed by atoms with Crippen LogP contribution in [0.5, 0.6) is 0 Å². The molecule has 0 aromatic rings. The van der Waals surface area contributed by atoms with E-state index in [1.54, 1.807) is 0 Å². The Hall–Kier alpha value is -1.32. The second kappa shape index (κ2) is 3.38. The van der Waals surface area contributed by atoms with E-state index in [0.717, 1.165) is 12.8 Å². The van der Waals surface area contributed by atoms with Crippen LogP contribution in [0.15, 0.2) is 11.6 Å². The summed E-state index contributed by atoms with van der Waals surface area (Å²) in [4.78, 5) is 21.4. The van der Waals surface area contributed by atoms with Crippen molar-refractivity contribution in [1.29, 1.82) is 0 Å². The maximum Gasteiger partial charge on any atom is 0.332 e. The monoisotopic (exact) mass is 169 g/mol. The van der Waals surface area contributed by atoms with Crippen molar-refractivity contribution in [3.8, 4) is 0 Å². The molecule has 1 saturated carbocycles. The van der Waals surface area contributed by atoms with Gasteiger partial charge in [-0.05, 0) is 18.8 Å². The first kappa shape index (κ1) is 8.77. The summed E-state index contributed by atoms with van der Waals surface area (Å²) in [7, 11) is 1.48. The number of nitrogens with one attached hydrogen (secondary N) is 1. The smallest absolute Gasteiger partial charge is 0.332 e. The summed E-state index contributed by atoms with van der Waals surface area (Å²) in [6, 6.07) is 0. The van der Waals surface area contributed by atoms with Crippen molar-refractivity contribution < 1.29 is 14.7 Å². The SMILES string of the molecule is CNC(=O)/C=C(\C(=O)O)C1CC1. The molecule has 0 aromatic carbocycles. The molecule has 1 amide bonds. The maximum atomic E-state index is 10.8. The average Bonchev–Trinajstić information content (AvgIpc) is 2.81. The highest BCUT2D eigenvalue weighted by atomic mass is 16.4. The summed E-state index contributed by atoms with van der Waals surface area (Å²) in [6.07, 6.45) is 2.93. The molecule has 1 fully saturated rings. The molecule has 12 heavy (non-hydrogen) atoms. The van der Waals surface area contributed by atoms with E-state index >= 15 is 0 Å². The molecule has 1 aliphatic carbocycles. The first-order chi connectivity index (χ1) is 5.65. The van der Waals surface area contributed by atoms with Gasteiger partial charge in [0.05, 0.1) is 0 Å². The molecule has 0 aliphatic heterocycles. The Kier molecular flexibility index (Phi) is 2.47. The zero-order valence-corrected chi connectivity index (χ0v) is 6.83. The van der Waals surface area contributed by atoms with Gasteiger partial charge in [0.15, 0.2) is 0 Å². The van der Waals surface area contributed by atoms with Gasteiger partial charge in [-0.25, -0.2) is 4.79 Å². The van der Waals surface area contributed by atoms with E-state index < -0.39 is 5.97 Å². The molecule has 0 unspecified atom stereocenters. The lowest BCUT2D eigenvalue weighted by atomic mass is 10.1. The van der Waals surface area contributed by atoms with E-state index in [1.165, 1.54) is 13.1 Å². The summed E-state index contributed by atoms with van der Waals surface area (Å²) in [5.41, 5.74) is 0.231. The molecular formula is C8H11NO3. The van der Waals surface area contributed by atoms with Gasteiger partial charge in [0.1, 0.15) is 0 Å².